The number of amides is 1. The number of nitrogens with zero attached hydrogens (tertiary/aromatic N) is 3. The maximum atomic E-state index is 12.7. The van der Waals surface area contributed by atoms with Crippen LogP contribution >= 0.6 is 22.7 Å². The zero-order valence-electron chi connectivity index (χ0n) is 14.9. The summed E-state index contributed by atoms with van der Waals surface area (Å²) in [6.07, 6.45) is 4.52. The molecular formula is C20H18N4OS2. The Morgan fingerprint density at radius 3 is 2.78 bits per heavy atom. The normalized spacial score (nSPS) is 13.7. The van der Waals surface area contributed by atoms with Crippen LogP contribution in [0.1, 0.15) is 33.1 Å². The Morgan fingerprint density at radius 1 is 1.07 bits per heavy atom. The number of carbonyl (C=O) groups is 1. The van der Waals surface area contributed by atoms with Crippen molar-refractivity contribution in [2.75, 3.05) is 5.32 Å². The average Bonchev–Trinajstić information content (AvgIpc) is 3.38. The van der Waals surface area contributed by atoms with Crippen LogP contribution in [0.2, 0.25) is 0 Å². The molecule has 27 heavy (non-hydrogen) atoms. The Kier molecular flexibility index (Phi) is 4.06. The molecule has 1 aliphatic carbocycles. The standard InChI is InChI=1S/C20H18N4OS2/c1-24-14-8-4-2-6-12(14)21-18(24)16-10-11-17(26-16)19(25)23-20-22-13-7-3-5-9-15(13)27-20/h2,4,6,8,10-11H,3,5,7,9H2,1H3,(H,22,23,25). The van der Waals surface area contributed by atoms with Gasteiger partial charge >= 0.3 is 0 Å². The first-order valence-corrected chi connectivity index (χ1v) is 10.6. The SMILES string of the molecule is Cn1c(-c2ccc(C(=O)Nc3nc4c(s3)CCCC4)s2)nc2ccccc21. The van der Waals surface area contributed by atoms with Crippen molar-refractivity contribution in [1.82, 2.24) is 14.5 Å². The van der Waals surface area contributed by atoms with Gasteiger partial charge in [0.05, 0.1) is 26.5 Å². The molecule has 0 saturated carbocycles. The molecule has 4 aromatic rings. The largest absolute Gasteiger partial charge is 0.326 e. The Labute approximate surface area is 164 Å². The smallest absolute Gasteiger partial charge is 0.267 e. The summed E-state index contributed by atoms with van der Waals surface area (Å²) in [5, 5.41) is 3.69. The van der Waals surface area contributed by atoms with Crippen molar-refractivity contribution < 1.29 is 4.79 Å². The van der Waals surface area contributed by atoms with E-state index in [1.54, 1.807) is 11.3 Å². The molecular weight excluding hydrogens is 376 g/mol. The minimum absolute atomic E-state index is 0.101. The van der Waals surface area contributed by atoms with Crippen molar-refractivity contribution in [1.29, 1.82) is 0 Å². The van der Waals surface area contributed by atoms with Gasteiger partial charge in [0.15, 0.2) is 11.0 Å². The van der Waals surface area contributed by atoms with Gasteiger partial charge in [0, 0.05) is 11.9 Å². The molecule has 0 unspecified atom stereocenters. The van der Waals surface area contributed by atoms with Gasteiger partial charge in [-0.1, -0.05) is 12.1 Å². The van der Waals surface area contributed by atoms with E-state index in [-0.39, 0.29) is 5.91 Å². The van der Waals surface area contributed by atoms with Gasteiger partial charge in [-0.05, 0) is 49.9 Å². The van der Waals surface area contributed by atoms with Gasteiger partial charge in [0.2, 0.25) is 0 Å². The summed E-state index contributed by atoms with van der Waals surface area (Å²) < 4.78 is 2.07. The van der Waals surface area contributed by atoms with Crippen LogP contribution < -0.4 is 5.32 Å². The molecule has 3 heterocycles. The fraction of sp³-hybridized carbons (Fsp3) is 0.250. The lowest BCUT2D eigenvalue weighted by atomic mass is 10.0. The fourth-order valence-electron chi connectivity index (χ4n) is 3.51. The lowest BCUT2D eigenvalue weighted by Gasteiger charge is -2.06. The second-order valence-corrected chi connectivity index (χ2v) is 8.86. The minimum Gasteiger partial charge on any atom is -0.326 e. The van der Waals surface area contributed by atoms with Crippen LogP contribution in [0.3, 0.4) is 0 Å². The van der Waals surface area contributed by atoms with Crippen LogP contribution in [-0.2, 0) is 19.9 Å². The summed E-state index contributed by atoms with van der Waals surface area (Å²) in [4.78, 5) is 25.0. The first kappa shape index (κ1) is 16.6. The quantitative estimate of drug-likeness (QED) is 0.538. The Bertz CT molecular complexity index is 1130. The van der Waals surface area contributed by atoms with Crippen LogP contribution in [0.4, 0.5) is 5.13 Å². The highest BCUT2D eigenvalue weighted by Crippen LogP contribution is 2.32. The van der Waals surface area contributed by atoms with Crippen molar-refractivity contribution in [3.05, 3.63) is 51.8 Å². The van der Waals surface area contributed by atoms with E-state index < -0.39 is 0 Å². The van der Waals surface area contributed by atoms with Crippen LogP contribution in [-0.4, -0.2) is 20.4 Å². The summed E-state index contributed by atoms with van der Waals surface area (Å²) >= 11 is 3.07. The highest BCUT2D eigenvalue weighted by molar-refractivity contribution is 7.18. The number of para-hydroxylation sites is 2. The van der Waals surface area contributed by atoms with E-state index in [1.807, 2.05) is 37.4 Å². The summed E-state index contributed by atoms with van der Waals surface area (Å²) in [7, 11) is 2.00. The molecule has 1 amide bonds. The van der Waals surface area contributed by atoms with Crippen LogP contribution in [0, 0.1) is 0 Å². The van der Waals surface area contributed by atoms with E-state index in [0.717, 1.165) is 40.3 Å². The molecule has 5 rings (SSSR count). The predicted octanol–water partition coefficient (Wildman–Crippen LogP) is 4.89. The van der Waals surface area contributed by atoms with Crippen molar-refractivity contribution in [3.63, 3.8) is 0 Å². The molecule has 0 spiro atoms. The minimum atomic E-state index is -0.101. The maximum Gasteiger partial charge on any atom is 0.267 e. The first-order valence-electron chi connectivity index (χ1n) is 9.00. The van der Waals surface area contributed by atoms with Crippen LogP contribution in [0.25, 0.3) is 21.7 Å². The molecule has 136 valence electrons. The average molecular weight is 395 g/mol. The number of benzene rings is 1. The fourth-order valence-corrected chi connectivity index (χ4v) is 5.48. The number of nitrogens with one attached hydrogen (secondary N) is 1. The predicted molar refractivity (Wildman–Crippen MR) is 111 cm³/mol. The Balaban J connectivity index is 1.40. The number of thiophene rings is 1. The maximum absolute atomic E-state index is 12.7. The van der Waals surface area contributed by atoms with E-state index in [0.29, 0.717) is 10.0 Å². The summed E-state index contributed by atoms with van der Waals surface area (Å²) in [5.41, 5.74) is 3.20. The molecule has 0 fully saturated rings. The first-order chi connectivity index (χ1) is 13.2. The molecule has 7 heteroatoms. The number of carbonyl (C=O) groups excluding carboxylic acids is 1. The van der Waals surface area contributed by atoms with E-state index in [4.69, 9.17) is 4.98 Å². The number of aromatic nitrogens is 3. The van der Waals surface area contributed by atoms with E-state index in [2.05, 4.69) is 20.9 Å². The molecule has 0 atom stereocenters. The van der Waals surface area contributed by atoms with E-state index in [1.165, 1.54) is 29.1 Å². The molecule has 1 aromatic carbocycles. The molecule has 0 bridgehead atoms. The third-order valence-electron chi connectivity index (χ3n) is 4.90. The molecule has 1 aliphatic rings. The monoisotopic (exact) mass is 394 g/mol. The van der Waals surface area contributed by atoms with E-state index in [9.17, 15) is 4.79 Å². The number of hydrogen-bond acceptors (Lipinski definition) is 5. The molecule has 5 nitrogen and oxygen atoms in total. The third-order valence-corrected chi connectivity index (χ3v) is 7.06. The molecule has 3 aromatic heterocycles. The zero-order chi connectivity index (χ0) is 18.4. The van der Waals surface area contributed by atoms with Gasteiger partial charge in [0.1, 0.15) is 0 Å². The number of fused-ring (bicyclic) bond motifs is 2. The topological polar surface area (TPSA) is 59.8 Å². The number of aryl methyl sites for hydroxylation is 3. The number of thiazole rings is 1. The highest BCUT2D eigenvalue weighted by atomic mass is 32.1. The summed E-state index contributed by atoms with van der Waals surface area (Å²) in [6, 6.07) is 11.9. The van der Waals surface area contributed by atoms with Gasteiger partial charge in [-0.3, -0.25) is 10.1 Å². The summed E-state index contributed by atoms with van der Waals surface area (Å²) in [6.45, 7) is 0. The number of hydrogen-bond donors (Lipinski definition) is 1. The van der Waals surface area contributed by atoms with Crippen molar-refractivity contribution in [2.24, 2.45) is 7.05 Å². The highest BCUT2D eigenvalue weighted by Gasteiger charge is 2.19. The molecule has 1 N–H and O–H groups in total. The lowest BCUT2D eigenvalue weighted by Crippen LogP contribution is -2.09. The van der Waals surface area contributed by atoms with Gasteiger partial charge < -0.3 is 4.57 Å². The lowest BCUT2D eigenvalue weighted by molar-refractivity contribution is 0.103. The Morgan fingerprint density at radius 2 is 1.93 bits per heavy atom. The number of anilines is 1. The van der Waals surface area contributed by atoms with Crippen LogP contribution in [0.15, 0.2) is 36.4 Å². The van der Waals surface area contributed by atoms with Gasteiger partial charge in [-0.15, -0.1) is 22.7 Å². The second kappa shape index (κ2) is 6.58. The van der Waals surface area contributed by atoms with E-state index >= 15 is 0 Å². The summed E-state index contributed by atoms with van der Waals surface area (Å²) in [5.74, 6) is 0.779. The van der Waals surface area contributed by atoms with Gasteiger partial charge in [-0.2, -0.15) is 0 Å². The molecule has 0 aliphatic heterocycles. The van der Waals surface area contributed by atoms with Gasteiger partial charge in [-0.25, -0.2) is 9.97 Å². The van der Waals surface area contributed by atoms with Crippen molar-refractivity contribution >= 4 is 44.7 Å². The van der Waals surface area contributed by atoms with Crippen molar-refractivity contribution in [3.8, 4) is 10.7 Å². The Hall–Kier alpha value is -2.51. The zero-order valence-corrected chi connectivity index (χ0v) is 16.5. The molecule has 0 saturated heterocycles. The van der Waals surface area contributed by atoms with Crippen LogP contribution in [0.5, 0.6) is 0 Å². The third kappa shape index (κ3) is 2.96. The second-order valence-electron chi connectivity index (χ2n) is 6.70. The number of imidazole rings is 1. The van der Waals surface area contributed by atoms with Gasteiger partial charge in [0.25, 0.3) is 5.91 Å². The number of rotatable bonds is 3. The van der Waals surface area contributed by atoms with Crippen molar-refractivity contribution in [2.45, 2.75) is 25.7 Å². The molecule has 0 radical (unpaired) electrons.